The minimum atomic E-state index is -0.0546. The molecule has 0 spiro atoms. The Morgan fingerprint density at radius 3 is 2.52 bits per heavy atom. The largest absolute Gasteiger partial charge is 0.463 e. The summed E-state index contributed by atoms with van der Waals surface area (Å²) in [5, 5.41) is 10.4. The number of aromatic amines is 1. The fraction of sp³-hybridized carbons (Fsp3) is 0.556. The van der Waals surface area contributed by atoms with Crippen molar-refractivity contribution in [3.8, 4) is 11.5 Å². The third-order valence-electron chi connectivity index (χ3n) is 6.01. The molecule has 120 valence electrons. The van der Waals surface area contributed by atoms with Gasteiger partial charge in [-0.05, 0) is 68.4 Å². The minimum absolute atomic E-state index is 0.0234. The maximum absolute atomic E-state index is 12.7. The average molecular weight is 311 g/mol. The summed E-state index contributed by atoms with van der Waals surface area (Å²) in [6.07, 6.45) is 9.20. The molecule has 2 N–H and O–H groups in total. The highest BCUT2D eigenvalue weighted by Gasteiger charge is 2.51. The quantitative estimate of drug-likeness (QED) is 0.913. The first-order valence-electron chi connectivity index (χ1n) is 8.61. The highest BCUT2D eigenvalue weighted by atomic mass is 16.3. The monoisotopic (exact) mass is 311 g/mol. The molecule has 5 nitrogen and oxygen atoms in total. The van der Waals surface area contributed by atoms with Gasteiger partial charge in [0.25, 0.3) is 5.91 Å². The van der Waals surface area contributed by atoms with Crippen LogP contribution in [0.15, 0.2) is 28.9 Å². The topological polar surface area (TPSA) is 70.9 Å². The number of aromatic nitrogens is 2. The number of amides is 1. The summed E-state index contributed by atoms with van der Waals surface area (Å²) in [6, 6.07) is 5.45. The molecule has 4 fully saturated rings. The number of furan rings is 1. The average Bonchev–Trinajstić information content (AvgIpc) is 3.17. The van der Waals surface area contributed by atoms with Gasteiger partial charge in [-0.15, -0.1) is 0 Å². The van der Waals surface area contributed by atoms with Crippen molar-refractivity contribution in [2.24, 2.45) is 17.8 Å². The predicted octanol–water partition coefficient (Wildman–Crippen LogP) is 3.37. The lowest BCUT2D eigenvalue weighted by Gasteiger charge is -2.56. The Morgan fingerprint density at radius 1 is 1.22 bits per heavy atom. The maximum atomic E-state index is 12.7. The van der Waals surface area contributed by atoms with E-state index >= 15 is 0 Å². The number of carbonyl (C=O) groups is 1. The Balaban J connectivity index is 1.36. The van der Waals surface area contributed by atoms with E-state index in [-0.39, 0.29) is 11.4 Å². The van der Waals surface area contributed by atoms with Crippen LogP contribution in [0.1, 0.15) is 49.0 Å². The number of H-pyrrole nitrogens is 1. The summed E-state index contributed by atoms with van der Waals surface area (Å²) in [4.78, 5) is 12.7. The molecule has 2 heterocycles. The van der Waals surface area contributed by atoms with E-state index in [4.69, 9.17) is 4.42 Å². The number of nitrogens with one attached hydrogen (secondary N) is 2. The molecule has 0 aliphatic heterocycles. The first-order chi connectivity index (χ1) is 11.2. The van der Waals surface area contributed by atoms with E-state index < -0.39 is 0 Å². The standard InChI is InChI=1S/C18H21N3O2/c22-17(15-7-14(20-21-15)16-2-1-3-23-16)19-18-8-11-4-12(9-18)6-13(5-11)10-18/h1-3,7,11-13H,4-6,8-10H2,(H,19,22)(H,20,21). The summed E-state index contributed by atoms with van der Waals surface area (Å²) in [5.74, 6) is 3.10. The Kier molecular flexibility index (Phi) is 2.75. The molecule has 0 unspecified atom stereocenters. The van der Waals surface area contributed by atoms with Crippen molar-refractivity contribution in [1.29, 1.82) is 0 Å². The Morgan fingerprint density at radius 2 is 1.91 bits per heavy atom. The smallest absolute Gasteiger partial charge is 0.272 e. The summed E-state index contributed by atoms with van der Waals surface area (Å²) < 4.78 is 5.34. The van der Waals surface area contributed by atoms with Gasteiger partial charge in [0.2, 0.25) is 0 Å². The van der Waals surface area contributed by atoms with Crippen LogP contribution in [0.2, 0.25) is 0 Å². The summed E-state index contributed by atoms with van der Waals surface area (Å²) in [6.45, 7) is 0. The second kappa shape index (κ2) is 4.73. The molecule has 6 rings (SSSR count). The van der Waals surface area contributed by atoms with Gasteiger partial charge in [-0.2, -0.15) is 5.10 Å². The summed E-state index contributed by atoms with van der Waals surface area (Å²) in [7, 11) is 0. The third kappa shape index (κ3) is 2.21. The molecule has 4 bridgehead atoms. The summed E-state index contributed by atoms with van der Waals surface area (Å²) in [5.41, 5.74) is 1.22. The number of hydrogen-bond donors (Lipinski definition) is 2. The zero-order valence-corrected chi connectivity index (χ0v) is 13.0. The van der Waals surface area contributed by atoms with Gasteiger partial charge in [0.1, 0.15) is 5.69 Å². The van der Waals surface area contributed by atoms with Crippen LogP contribution in [-0.4, -0.2) is 21.6 Å². The van der Waals surface area contributed by atoms with Gasteiger partial charge in [-0.1, -0.05) is 0 Å². The van der Waals surface area contributed by atoms with Crippen molar-refractivity contribution in [3.63, 3.8) is 0 Å². The normalized spacial score (nSPS) is 34.7. The molecule has 0 aromatic carbocycles. The van der Waals surface area contributed by atoms with Crippen LogP contribution in [-0.2, 0) is 0 Å². The van der Waals surface area contributed by atoms with Crippen LogP contribution in [0.5, 0.6) is 0 Å². The van der Waals surface area contributed by atoms with Gasteiger partial charge < -0.3 is 9.73 Å². The van der Waals surface area contributed by atoms with Crippen molar-refractivity contribution in [2.75, 3.05) is 0 Å². The second-order valence-electron chi connectivity index (χ2n) is 7.80. The van der Waals surface area contributed by atoms with Crippen molar-refractivity contribution in [3.05, 3.63) is 30.2 Å². The highest BCUT2D eigenvalue weighted by molar-refractivity contribution is 5.93. The molecule has 23 heavy (non-hydrogen) atoms. The molecule has 1 amide bonds. The number of nitrogens with zero attached hydrogens (tertiary/aromatic N) is 1. The third-order valence-corrected chi connectivity index (χ3v) is 6.01. The fourth-order valence-electron chi connectivity index (χ4n) is 5.56. The molecule has 5 heteroatoms. The van der Waals surface area contributed by atoms with Gasteiger partial charge in [0.15, 0.2) is 11.5 Å². The lowest BCUT2D eigenvalue weighted by Crippen LogP contribution is -2.59. The highest BCUT2D eigenvalue weighted by Crippen LogP contribution is 2.55. The Labute approximate surface area is 134 Å². The van der Waals surface area contributed by atoms with Crippen molar-refractivity contribution < 1.29 is 9.21 Å². The van der Waals surface area contributed by atoms with E-state index in [2.05, 4.69) is 15.5 Å². The van der Waals surface area contributed by atoms with Gasteiger partial charge >= 0.3 is 0 Å². The summed E-state index contributed by atoms with van der Waals surface area (Å²) >= 11 is 0. The van der Waals surface area contributed by atoms with Gasteiger partial charge in [-0.3, -0.25) is 9.89 Å². The fourth-order valence-corrected chi connectivity index (χ4v) is 5.56. The first kappa shape index (κ1) is 13.4. The van der Waals surface area contributed by atoms with Crippen molar-refractivity contribution in [2.45, 2.75) is 44.1 Å². The zero-order chi connectivity index (χ0) is 15.4. The van der Waals surface area contributed by atoms with E-state index in [1.807, 2.05) is 12.1 Å². The van der Waals surface area contributed by atoms with Gasteiger partial charge in [0.05, 0.1) is 6.26 Å². The van der Waals surface area contributed by atoms with Crippen LogP contribution in [0.25, 0.3) is 11.5 Å². The minimum Gasteiger partial charge on any atom is -0.463 e. The molecule has 4 aliphatic carbocycles. The first-order valence-corrected chi connectivity index (χ1v) is 8.61. The molecule has 0 saturated heterocycles. The lowest BCUT2D eigenvalue weighted by atomic mass is 9.53. The Hall–Kier alpha value is -2.04. The lowest BCUT2D eigenvalue weighted by molar-refractivity contribution is -0.0167. The van der Waals surface area contributed by atoms with E-state index in [0.717, 1.165) is 42.7 Å². The van der Waals surface area contributed by atoms with Crippen LogP contribution < -0.4 is 5.32 Å². The predicted molar refractivity (Wildman–Crippen MR) is 84.7 cm³/mol. The van der Waals surface area contributed by atoms with Crippen LogP contribution >= 0.6 is 0 Å². The number of carbonyl (C=O) groups excluding carboxylic acids is 1. The number of rotatable bonds is 3. The second-order valence-corrected chi connectivity index (χ2v) is 7.80. The Bertz CT molecular complexity index is 696. The molecule has 0 radical (unpaired) electrons. The molecule has 0 atom stereocenters. The van der Waals surface area contributed by atoms with Crippen molar-refractivity contribution >= 4 is 5.91 Å². The van der Waals surface area contributed by atoms with Crippen molar-refractivity contribution in [1.82, 2.24) is 15.5 Å². The molecule has 2 aromatic heterocycles. The van der Waals surface area contributed by atoms with Crippen LogP contribution in [0.3, 0.4) is 0 Å². The zero-order valence-electron chi connectivity index (χ0n) is 13.0. The molecule has 2 aromatic rings. The maximum Gasteiger partial charge on any atom is 0.272 e. The van der Waals surface area contributed by atoms with Crippen LogP contribution in [0.4, 0.5) is 0 Å². The van der Waals surface area contributed by atoms with Gasteiger partial charge in [-0.25, -0.2) is 0 Å². The van der Waals surface area contributed by atoms with Crippen LogP contribution in [0, 0.1) is 17.8 Å². The van der Waals surface area contributed by atoms with E-state index in [9.17, 15) is 4.79 Å². The molecular formula is C18H21N3O2. The molecule has 4 aliphatic rings. The van der Waals surface area contributed by atoms with E-state index in [1.54, 1.807) is 12.3 Å². The molecular weight excluding hydrogens is 290 g/mol. The van der Waals surface area contributed by atoms with E-state index in [1.165, 1.54) is 19.3 Å². The SMILES string of the molecule is O=C(NC12CC3CC(CC(C3)C1)C2)c1cc(-c2ccco2)[nH]n1. The number of hydrogen-bond acceptors (Lipinski definition) is 3. The molecule has 4 saturated carbocycles. The van der Waals surface area contributed by atoms with E-state index in [0.29, 0.717) is 11.5 Å². The van der Waals surface area contributed by atoms with Gasteiger partial charge in [0, 0.05) is 11.6 Å².